The molecule has 0 radical (unpaired) electrons. The number of rotatable bonds is 6. The summed E-state index contributed by atoms with van der Waals surface area (Å²) in [6.45, 7) is 6.45. The van der Waals surface area contributed by atoms with Crippen LogP contribution >= 0.6 is 0 Å². The van der Waals surface area contributed by atoms with Gasteiger partial charge >= 0.3 is 0 Å². The average molecular weight is 312 g/mol. The number of hydrogen-bond donors (Lipinski definition) is 2. The number of benzene rings is 1. The summed E-state index contributed by atoms with van der Waals surface area (Å²) < 4.78 is 32.7. The first-order valence-electron chi connectivity index (χ1n) is 7.38. The fourth-order valence-corrected chi connectivity index (χ4v) is 3.74. The van der Waals surface area contributed by atoms with E-state index >= 15 is 0 Å². The molecule has 2 N–H and O–H groups in total. The van der Waals surface area contributed by atoms with Crippen molar-refractivity contribution in [3.05, 3.63) is 29.3 Å². The Labute approximate surface area is 127 Å². The summed E-state index contributed by atoms with van der Waals surface area (Å²) in [5, 5.41) is 3.27. The van der Waals surface area contributed by atoms with Crippen LogP contribution in [0.15, 0.2) is 23.1 Å². The summed E-state index contributed by atoms with van der Waals surface area (Å²) in [4.78, 5) is 0.321. The van der Waals surface area contributed by atoms with Gasteiger partial charge in [-0.15, -0.1) is 0 Å². The Bertz CT molecular complexity index is 546. The van der Waals surface area contributed by atoms with Crippen LogP contribution in [0, 0.1) is 13.8 Å². The Morgan fingerprint density at radius 3 is 2.43 bits per heavy atom. The zero-order valence-electron chi connectivity index (χ0n) is 12.7. The molecule has 1 aromatic carbocycles. The lowest BCUT2D eigenvalue weighted by atomic mass is 10.1. The van der Waals surface area contributed by atoms with Crippen LogP contribution in [0.4, 0.5) is 0 Å². The van der Waals surface area contributed by atoms with Crippen LogP contribution in [0.2, 0.25) is 0 Å². The summed E-state index contributed by atoms with van der Waals surface area (Å²) in [5.74, 6) is 0. The molecule has 1 fully saturated rings. The van der Waals surface area contributed by atoms with E-state index < -0.39 is 10.0 Å². The summed E-state index contributed by atoms with van der Waals surface area (Å²) in [6, 6.07) is 5.32. The first-order valence-corrected chi connectivity index (χ1v) is 8.86. The van der Waals surface area contributed by atoms with Crippen molar-refractivity contribution in [2.24, 2.45) is 0 Å². The van der Waals surface area contributed by atoms with Gasteiger partial charge in [-0.05, 0) is 63.0 Å². The zero-order chi connectivity index (χ0) is 15.3. The third-order valence-electron chi connectivity index (χ3n) is 3.54. The molecule has 0 aromatic heterocycles. The largest absolute Gasteiger partial charge is 0.377 e. The van der Waals surface area contributed by atoms with Crippen molar-refractivity contribution >= 4 is 10.0 Å². The second-order valence-electron chi connectivity index (χ2n) is 5.54. The van der Waals surface area contributed by atoms with Crippen molar-refractivity contribution in [2.75, 3.05) is 26.2 Å². The zero-order valence-corrected chi connectivity index (χ0v) is 13.5. The Balaban J connectivity index is 1.83. The number of nitrogens with one attached hydrogen (secondary N) is 2. The predicted octanol–water partition coefficient (Wildman–Crippen LogP) is 1.35. The normalized spacial score (nSPS) is 17.0. The molecule has 1 aliphatic heterocycles. The molecule has 1 saturated heterocycles. The van der Waals surface area contributed by atoms with Crippen molar-refractivity contribution in [1.82, 2.24) is 10.0 Å². The molecule has 5 nitrogen and oxygen atoms in total. The van der Waals surface area contributed by atoms with Gasteiger partial charge in [0.2, 0.25) is 10.0 Å². The molecular weight excluding hydrogens is 288 g/mol. The van der Waals surface area contributed by atoms with Gasteiger partial charge in [0.25, 0.3) is 0 Å². The van der Waals surface area contributed by atoms with E-state index in [1.807, 2.05) is 19.9 Å². The highest BCUT2D eigenvalue weighted by molar-refractivity contribution is 7.89. The van der Waals surface area contributed by atoms with Crippen LogP contribution in [-0.4, -0.2) is 40.8 Å². The minimum Gasteiger partial charge on any atom is -0.377 e. The monoisotopic (exact) mass is 312 g/mol. The Morgan fingerprint density at radius 2 is 1.81 bits per heavy atom. The maximum atomic E-state index is 12.2. The molecule has 0 amide bonds. The lowest BCUT2D eigenvalue weighted by Gasteiger charge is -2.22. The SMILES string of the molecule is Cc1cc(C)cc(S(=O)(=O)NCCOC2CCNCC2)c1. The lowest BCUT2D eigenvalue weighted by Crippen LogP contribution is -2.34. The molecule has 1 aromatic rings. The molecule has 6 heteroatoms. The Kier molecular flexibility index (Phi) is 5.75. The van der Waals surface area contributed by atoms with E-state index in [4.69, 9.17) is 4.74 Å². The van der Waals surface area contributed by atoms with Crippen molar-refractivity contribution in [3.63, 3.8) is 0 Å². The maximum absolute atomic E-state index is 12.2. The number of ether oxygens (including phenoxy) is 1. The average Bonchev–Trinajstić information content (AvgIpc) is 2.44. The van der Waals surface area contributed by atoms with Gasteiger partial charge in [0, 0.05) is 6.54 Å². The molecule has 0 bridgehead atoms. The summed E-state index contributed by atoms with van der Waals surface area (Å²) >= 11 is 0. The van der Waals surface area contributed by atoms with Crippen LogP contribution in [0.3, 0.4) is 0 Å². The molecule has 1 aliphatic rings. The fourth-order valence-electron chi connectivity index (χ4n) is 2.54. The number of aryl methyl sites for hydroxylation is 2. The fraction of sp³-hybridized carbons (Fsp3) is 0.600. The first-order chi connectivity index (χ1) is 9.97. The number of piperidine rings is 1. The van der Waals surface area contributed by atoms with Gasteiger partial charge in [-0.1, -0.05) is 6.07 Å². The molecule has 0 unspecified atom stereocenters. The summed E-state index contributed by atoms with van der Waals surface area (Å²) in [5.41, 5.74) is 1.89. The highest BCUT2D eigenvalue weighted by Crippen LogP contribution is 2.14. The summed E-state index contributed by atoms with van der Waals surface area (Å²) in [6.07, 6.45) is 2.23. The molecular formula is C15H24N2O3S. The smallest absolute Gasteiger partial charge is 0.240 e. The Hall–Kier alpha value is -0.950. The van der Waals surface area contributed by atoms with Crippen molar-refractivity contribution in [3.8, 4) is 0 Å². The molecule has 21 heavy (non-hydrogen) atoms. The van der Waals surface area contributed by atoms with Crippen LogP contribution in [0.25, 0.3) is 0 Å². The van der Waals surface area contributed by atoms with Crippen molar-refractivity contribution in [1.29, 1.82) is 0 Å². The molecule has 1 heterocycles. The lowest BCUT2D eigenvalue weighted by molar-refractivity contribution is 0.0367. The topological polar surface area (TPSA) is 67.4 Å². The van der Waals surface area contributed by atoms with E-state index in [1.54, 1.807) is 12.1 Å². The van der Waals surface area contributed by atoms with Crippen LogP contribution in [0.1, 0.15) is 24.0 Å². The van der Waals surface area contributed by atoms with Crippen molar-refractivity contribution < 1.29 is 13.2 Å². The summed E-state index contributed by atoms with van der Waals surface area (Å²) in [7, 11) is -3.45. The maximum Gasteiger partial charge on any atom is 0.240 e. The van der Waals surface area contributed by atoms with Crippen LogP contribution in [-0.2, 0) is 14.8 Å². The standard InChI is InChI=1S/C15H24N2O3S/c1-12-9-13(2)11-15(10-12)21(18,19)17-7-8-20-14-3-5-16-6-4-14/h9-11,14,16-17H,3-8H2,1-2H3. The van der Waals surface area contributed by atoms with E-state index in [-0.39, 0.29) is 6.10 Å². The highest BCUT2D eigenvalue weighted by atomic mass is 32.2. The van der Waals surface area contributed by atoms with Gasteiger partial charge in [0.1, 0.15) is 0 Å². The molecule has 2 rings (SSSR count). The minimum atomic E-state index is -3.45. The van der Waals surface area contributed by atoms with Gasteiger partial charge in [-0.3, -0.25) is 0 Å². The quantitative estimate of drug-likeness (QED) is 0.778. The molecule has 0 spiro atoms. The second-order valence-corrected chi connectivity index (χ2v) is 7.31. The number of sulfonamides is 1. The van der Waals surface area contributed by atoms with Crippen molar-refractivity contribution in [2.45, 2.75) is 37.7 Å². The Morgan fingerprint density at radius 1 is 1.19 bits per heavy atom. The third kappa shape index (κ3) is 5.07. The predicted molar refractivity (Wildman–Crippen MR) is 82.9 cm³/mol. The van der Waals surface area contributed by atoms with E-state index in [2.05, 4.69) is 10.0 Å². The van der Waals surface area contributed by atoms with E-state index in [0.717, 1.165) is 37.1 Å². The van der Waals surface area contributed by atoms with E-state index in [9.17, 15) is 8.42 Å². The van der Waals surface area contributed by atoms with Crippen LogP contribution < -0.4 is 10.0 Å². The van der Waals surface area contributed by atoms with E-state index in [0.29, 0.717) is 18.0 Å². The second kappa shape index (κ2) is 7.35. The van der Waals surface area contributed by atoms with Gasteiger partial charge in [-0.25, -0.2) is 13.1 Å². The molecule has 118 valence electrons. The third-order valence-corrected chi connectivity index (χ3v) is 4.98. The van der Waals surface area contributed by atoms with Gasteiger partial charge in [-0.2, -0.15) is 0 Å². The van der Waals surface area contributed by atoms with Gasteiger partial charge < -0.3 is 10.1 Å². The van der Waals surface area contributed by atoms with Gasteiger partial charge in [0.05, 0.1) is 17.6 Å². The molecule has 0 atom stereocenters. The molecule has 0 saturated carbocycles. The highest BCUT2D eigenvalue weighted by Gasteiger charge is 2.16. The van der Waals surface area contributed by atoms with E-state index in [1.165, 1.54) is 0 Å². The number of hydrogen-bond acceptors (Lipinski definition) is 4. The first kappa shape index (κ1) is 16.4. The minimum absolute atomic E-state index is 0.247. The van der Waals surface area contributed by atoms with Crippen LogP contribution in [0.5, 0.6) is 0 Å². The van der Waals surface area contributed by atoms with Gasteiger partial charge in [0.15, 0.2) is 0 Å². The molecule has 0 aliphatic carbocycles.